The quantitative estimate of drug-likeness (QED) is 0.0781. The standard InChI is InChI=1S/C42H46O7Si2/c1-5-45-50-47-27-25-43-31-19-15-29(16-20-31)42(30-17-21-32(22-18-30)44-26-28-48-51-46-6-2)24-23-36-39-38(33-11-7-8-12-34(33)40(36)49-42)35-13-9-10-14-37(35)41(39,3)4/h7-24H,5-6,25-28,50-51H2,1-4H3. The number of hydrogen-bond acceptors (Lipinski definition) is 7. The van der Waals surface area contributed by atoms with Crippen molar-refractivity contribution < 1.29 is 31.9 Å². The lowest BCUT2D eigenvalue weighted by Gasteiger charge is -2.38. The molecule has 0 saturated carbocycles. The van der Waals surface area contributed by atoms with E-state index in [2.05, 4.69) is 98.8 Å². The second kappa shape index (κ2) is 15.6. The number of benzene rings is 5. The smallest absolute Gasteiger partial charge is 0.304 e. The van der Waals surface area contributed by atoms with Crippen LogP contribution >= 0.6 is 0 Å². The topological polar surface area (TPSA) is 64.6 Å². The van der Waals surface area contributed by atoms with E-state index in [1.54, 1.807) is 0 Å². The second-order valence-electron chi connectivity index (χ2n) is 13.2. The SMILES string of the molecule is CCO[SiH2]OCCOc1ccc(C2(c3ccc(OCCO[SiH2]OCC)cc3)C=Cc3c4c(c5ccccc5c3O2)-c2ccccc2C4(C)C)cc1. The van der Waals surface area contributed by atoms with E-state index in [4.69, 9.17) is 31.9 Å². The van der Waals surface area contributed by atoms with Gasteiger partial charge in [0.2, 0.25) is 0 Å². The summed E-state index contributed by atoms with van der Waals surface area (Å²) in [6, 6.07) is 33.9. The largest absolute Gasteiger partial charge is 0.491 e. The van der Waals surface area contributed by atoms with Gasteiger partial charge in [-0.1, -0.05) is 92.7 Å². The highest BCUT2D eigenvalue weighted by Crippen LogP contribution is 2.58. The normalized spacial score (nSPS) is 17.2. The summed E-state index contributed by atoms with van der Waals surface area (Å²) in [6.45, 7) is 11.9. The molecule has 1 heterocycles. The first-order valence-corrected chi connectivity index (χ1v) is 20.1. The van der Waals surface area contributed by atoms with Crippen molar-refractivity contribution in [3.05, 3.63) is 131 Å². The van der Waals surface area contributed by atoms with Crippen molar-refractivity contribution in [1.29, 1.82) is 0 Å². The number of hydrogen-bond donors (Lipinski definition) is 0. The van der Waals surface area contributed by atoms with Crippen LogP contribution in [0.15, 0.2) is 103 Å². The average Bonchev–Trinajstić information content (AvgIpc) is 3.41. The summed E-state index contributed by atoms with van der Waals surface area (Å²) in [5.41, 5.74) is 7.25. The van der Waals surface area contributed by atoms with Crippen LogP contribution in [0.5, 0.6) is 17.2 Å². The van der Waals surface area contributed by atoms with E-state index in [1.165, 1.54) is 27.6 Å². The first-order chi connectivity index (χ1) is 25.0. The summed E-state index contributed by atoms with van der Waals surface area (Å²) in [7, 11) is -1.89. The van der Waals surface area contributed by atoms with Crippen molar-refractivity contribution in [2.75, 3.05) is 39.6 Å². The van der Waals surface area contributed by atoms with Gasteiger partial charge in [0.05, 0.1) is 13.2 Å². The Hall–Kier alpha value is -4.23. The lowest BCUT2D eigenvalue weighted by molar-refractivity contribution is 0.162. The van der Waals surface area contributed by atoms with Crippen molar-refractivity contribution >= 4 is 36.9 Å². The van der Waals surface area contributed by atoms with Gasteiger partial charge in [0.1, 0.15) is 30.5 Å². The summed E-state index contributed by atoms with van der Waals surface area (Å²) in [5.74, 6) is 2.44. The van der Waals surface area contributed by atoms with Crippen LogP contribution in [0, 0.1) is 0 Å². The molecule has 5 aromatic rings. The van der Waals surface area contributed by atoms with Gasteiger partial charge in [0.25, 0.3) is 0 Å². The van der Waals surface area contributed by atoms with E-state index >= 15 is 0 Å². The molecule has 1 aliphatic heterocycles. The summed E-state index contributed by atoms with van der Waals surface area (Å²) >= 11 is 0. The van der Waals surface area contributed by atoms with Gasteiger partial charge in [-0.15, -0.1) is 0 Å². The third kappa shape index (κ3) is 6.90. The fourth-order valence-corrected chi connectivity index (χ4v) is 8.36. The molecule has 2 aliphatic rings. The Bertz CT molecular complexity index is 1930. The van der Waals surface area contributed by atoms with E-state index in [1.807, 2.05) is 38.1 Å². The highest BCUT2D eigenvalue weighted by Gasteiger charge is 2.44. The van der Waals surface area contributed by atoms with Crippen molar-refractivity contribution in [2.45, 2.75) is 38.7 Å². The molecule has 0 bridgehead atoms. The van der Waals surface area contributed by atoms with Gasteiger partial charge in [-0.2, -0.15) is 0 Å². The Kier molecular flexibility index (Phi) is 10.7. The van der Waals surface area contributed by atoms with Crippen LogP contribution in [0.2, 0.25) is 0 Å². The van der Waals surface area contributed by atoms with Gasteiger partial charge >= 0.3 is 20.0 Å². The van der Waals surface area contributed by atoms with E-state index in [0.717, 1.165) is 39.3 Å². The number of ether oxygens (including phenoxy) is 3. The van der Waals surface area contributed by atoms with Crippen molar-refractivity contribution in [3.8, 4) is 28.4 Å². The molecule has 0 N–H and O–H groups in total. The molecule has 51 heavy (non-hydrogen) atoms. The highest BCUT2D eigenvalue weighted by molar-refractivity contribution is 6.18. The monoisotopic (exact) mass is 718 g/mol. The molecular formula is C42H46O7Si2. The summed E-state index contributed by atoms with van der Waals surface area (Å²) < 4.78 is 41.5. The van der Waals surface area contributed by atoms with Crippen molar-refractivity contribution in [3.63, 3.8) is 0 Å². The van der Waals surface area contributed by atoms with E-state index < -0.39 is 25.6 Å². The summed E-state index contributed by atoms with van der Waals surface area (Å²) in [5, 5.41) is 2.30. The van der Waals surface area contributed by atoms with Gasteiger partial charge in [-0.25, -0.2) is 0 Å². The van der Waals surface area contributed by atoms with Crippen molar-refractivity contribution in [2.24, 2.45) is 0 Å². The maximum Gasteiger partial charge on any atom is 0.304 e. The molecule has 7 rings (SSSR count). The maximum absolute atomic E-state index is 7.45. The van der Waals surface area contributed by atoms with Crippen LogP contribution in [0.25, 0.3) is 28.0 Å². The fraction of sp³-hybridized carbons (Fsp3) is 0.286. The van der Waals surface area contributed by atoms with E-state index in [9.17, 15) is 0 Å². The molecule has 0 fully saturated rings. The van der Waals surface area contributed by atoms with Crippen LogP contribution in [-0.4, -0.2) is 59.7 Å². The Labute approximate surface area is 305 Å². The third-order valence-electron chi connectivity index (χ3n) is 9.75. The molecule has 0 radical (unpaired) electrons. The third-order valence-corrected chi connectivity index (χ3v) is 11.8. The lowest BCUT2D eigenvalue weighted by Crippen LogP contribution is -2.35. The molecule has 5 aromatic carbocycles. The Morgan fingerprint density at radius 3 is 1.75 bits per heavy atom. The van der Waals surface area contributed by atoms with Gasteiger partial charge in [0.15, 0.2) is 5.60 Å². The predicted molar refractivity (Wildman–Crippen MR) is 208 cm³/mol. The summed E-state index contributed by atoms with van der Waals surface area (Å²) in [6.07, 6.45) is 4.50. The Morgan fingerprint density at radius 2 is 1.16 bits per heavy atom. The lowest BCUT2D eigenvalue weighted by atomic mass is 9.77. The van der Waals surface area contributed by atoms with Crippen LogP contribution < -0.4 is 14.2 Å². The fourth-order valence-electron chi connectivity index (χ4n) is 7.32. The minimum absolute atomic E-state index is 0.199. The zero-order chi connectivity index (χ0) is 35.3. The molecule has 0 amide bonds. The van der Waals surface area contributed by atoms with Gasteiger partial charge < -0.3 is 31.9 Å². The zero-order valence-corrected chi connectivity index (χ0v) is 32.7. The van der Waals surface area contributed by atoms with Gasteiger partial charge in [-0.3, -0.25) is 0 Å². The number of rotatable bonds is 16. The van der Waals surface area contributed by atoms with Gasteiger partial charge in [0, 0.05) is 40.7 Å². The summed E-state index contributed by atoms with van der Waals surface area (Å²) in [4.78, 5) is 0. The zero-order valence-electron chi connectivity index (χ0n) is 29.9. The molecule has 7 nitrogen and oxygen atoms in total. The molecule has 0 unspecified atom stereocenters. The first kappa shape index (κ1) is 35.2. The van der Waals surface area contributed by atoms with Crippen LogP contribution in [0.4, 0.5) is 0 Å². The van der Waals surface area contributed by atoms with Crippen molar-refractivity contribution in [1.82, 2.24) is 0 Å². The van der Waals surface area contributed by atoms with Crippen LogP contribution in [0.3, 0.4) is 0 Å². The molecular weight excluding hydrogens is 673 g/mol. The first-order valence-electron chi connectivity index (χ1n) is 17.8. The molecule has 1 aliphatic carbocycles. The molecule has 264 valence electrons. The van der Waals surface area contributed by atoms with Crippen LogP contribution in [-0.2, 0) is 28.7 Å². The minimum atomic E-state index is -0.947. The minimum Gasteiger partial charge on any atom is -0.491 e. The van der Waals surface area contributed by atoms with Crippen LogP contribution in [0.1, 0.15) is 55.5 Å². The van der Waals surface area contributed by atoms with E-state index in [0.29, 0.717) is 39.6 Å². The second-order valence-corrected chi connectivity index (χ2v) is 15.3. The molecule has 0 spiro atoms. The van der Waals surface area contributed by atoms with Gasteiger partial charge in [-0.05, 0) is 71.8 Å². The molecule has 0 saturated heterocycles. The Morgan fingerprint density at radius 1 is 0.608 bits per heavy atom. The maximum atomic E-state index is 7.45. The number of fused-ring (bicyclic) bond motifs is 8. The molecule has 9 heteroatoms. The van der Waals surface area contributed by atoms with E-state index in [-0.39, 0.29) is 5.41 Å². The highest BCUT2D eigenvalue weighted by atomic mass is 28.3. The average molecular weight is 719 g/mol. The molecule has 0 aromatic heterocycles. The predicted octanol–water partition coefficient (Wildman–Crippen LogP) is 7.36. The molecule has 0 atom stereocenters. The Balaban J connectivity index is 1.26.